The molecule has 1 atom stereocenters. The molecule has 1 rings (SSSR count). The molecule has 3 heteroatoms. The minimum absolute atomic E-state index is 0.356. The van der Waals surface area contributed by atoms with Gasteiger partial charge in [-0.3, -0.25) is 5.32 Å². The minimum Gasteiger partial charge on any atom is -0.490 e. The van der Waals surface area contributed by atoms with Gasteiger partial charge in [0, 0.05) is 0 Å². The highest BCUT2D eigenvalue weighted by Gasteiger charge is 2.24. The summed E-state index contributed by atoms with van der Waals surface area (Å²) in [5.74, 6) is 0.886. The number of benzene rings is 1. The SMILES string of the molecule is CCCNC(C)(C#N)COc1c(C)cccc1C. The molecule has 0 aliphatic rings. The van der Waals surface area contributed by atoms with Crippen LogP contribution in [-0.4, -0.2) is 18.7 Å². The summed E-state index contributed by atoms with van der Waals surface area (Å²) < 4.78 is 5.84. The predicted octanol–water partition coefficient (Wildman–Crippen LogP) is 2.96. The van der Waals surface area contributed by atoms with Crippen LogP contribution in [0, 0.1) is 25.2 Å². The van der Waals surface area contributed by atoms with Gasteiger partial charge in [0.2, 0.25) is 0 Å². The molecule has 1 unspecified atom stereocenters. The van der Waals surface area contributed by atoms with Crippen molar-refractivity contribution in [3.05, 3.63) is 29.3 Å². The molecule has 18 heavy (non-hydrogen) atoms. The van der Waals surface area contributed by atoms with Gasteiger partial charge in [-0.15, -0.1) is 0 Å². The molecule has 0 aromatic heterocycles. The molecule has 0 aliphatic carbocycles. The summed E-state index contributed by atoms with van der Waals surface area (Å²) in [5.41, 5.74) is 1.57. The predicted molar refractivity (Wildman–Crippen MR) is 73.7 cm³/mol. The van der Waals surface area contributed by atoms with Crippen molar-refractivity contribution in [2.24, 2.45) is 0 Å². The number of rotatable bonds is 6. The van der Waals surface area contributed by atoms with Gasteiger partial charge in [-0.25, -0.2) is 0 Å². The Morgan fingerprint density at radius 3 is 2.44 bits per heavy atom. The lowest BCUT2D eigenvalue weighted by molar-refractivity contribution is 0.232. The van der Waals surface area contributed by atoms with Crippen molar-refractivity contribution in [1.29, 1.82) is 5.26 Å². The van der Waals surface area contributed by atoms with Crippen LogP contribution in [0.4, 0.5) is 0 Å². The molecule has 1 aromatic carbocycles. The molecule has 98 valence electrons. The standard InChI is InChI=1S/C15H22N2O/c1-5-9-17-15(4,10-16)11-18-14-12(2)7-6-8-13(14)3/h6-8,17H,5,9,11H2,1-4H3. The van der Waals surface area contributed by atoms with E-state index >= 15 is 0 Å². The van der Waals surface area contributed by atoms with E-state index in [1.807, 2.05) is 39.0 Å². The van der Waals surface area contributed by atoms with E-state index in [2.05, 4.69) is 18.3 Å². The van der Waals surface area contributed by atoms with Gasteiger partial charge in [0.1, 0.15) is 17.9 Å². The van der Waals surface area contributed by atoms with Crippen molar-refractivity contribution < 1.29 is 4.74 Å². The number of para-hydroxylation sites is 1. The average Bonchev–Trinajstić information content (AvgIpc) is 2.36. The zero-order chi connectivity index (χ0) is 13.6. The molecule has 0 spiro atoms. The van der Waals surface area contributed by atoms with E-state index in [1.54, 1.807) is 0 Å². The van der Waals surface area contributed by atoms with Crippen LogP contribution in [0.25, 0.3) is 0 Å². The molecule has 0 amide bonds. The molecule has 0 saturated carbocycles. The van der Waals surface area contributed by atoms with Crippen LogP contribution in [0.2, 0.25) is 0 Å². The van der Waals surface area contributed by atoms with Crippen LogP contribution in [0.15, 0.2) is 18.2 Å². The van der Waals surface area contributed by atoms with Crippen molar-refractivity contribution in [2.45, 2.75) is 39.7 Å². The van der Waals surface area contributed by atoms with Crippen molar-refractivity contribution in [2.75, 3.05) is 13.2 Å². The van der Waals surface area contributed by atoms with Crippen LogP contribution < -0.4 is 10.1 Å². The third kappa shape index (κ3) is 3.75. The molecule has 3 nitrogen and oxygen atoms in total. The molecule has 1 N–H and O–H groups in total. The smallest absolute Gasteiger partial charge is 0.138 e. The van der Waals surface area contributed by atoms with Crippen LogP contribution in [-0.2, 0) is 0 Å². The maximum Gasteiger partial charge on any atom is 0.138 e. The summed E-state index contributed by atoms with van der Waals surface area (Å²) in [6, 6.07) is 8.34. The fourth-order valence-electron chi connectivity index (χ4n) is 1.77. The summed E-state index contributed by atoms with van der Waals surface area (Å²) in [6.07, 6.45) is 1.00. The fourth-order valence-corrected chi connectivity index (χ4v) is 1.77. The second-order valence-electron chi connectivity index (χ2n) is 4.88. The summed E-state index contributed by atoms with van der Waals surface area (Å²) in [4.78, 5) is 0. The van der Waals surface area contributed by atoms with Crippen molar-refractivity contribution in [1.82, 2.24) is 5.32 Å². The number of hydrogen-bond donors (Lipinski definition) is 1. The van der Waals surface area contributed by atoms with E-state index in [9.17, 15) is 5.26 Å². The number of nitrogens with zero attached hydrogens (tertiary/aromatic N) is 1. The normalized spacial score (nSPS) is 13.7. The summed E-state index contributed by atoms with van der Waals surface area (Å²) >= 11 is 0. The second-order valence-corrected chi connectivity index (χ2v) is 4.88. The van der Waals surface area contributed by atoms with Gasteiger partial charge < -0.3 is 4.74 Å². The Morgan fingerprint density at radius 2 is 1.94 bits per heavy atom. The molecule has 0 saturated heterocycles. The van der Waals surface area contributed by atoms with E-state index in [0.717, 1.165) is 29.8 Å². The van der Waals surface area contributed by atoms with Crippen LogP contribution >= 0.6 is 0 Å². The lowest BCUT2D eigenvalue weighted by atomic mass is 10.1. The summed E-state index contributed by atoms with van der Waals surface area (Å²) in [5, 5.41) is 12.5. The van der Waals surface area contributed by atoms with Crippen molar-refractivity contribution in [3.63, 3.8) is 0 Å². The average molecular weight is 246 g/mol. The lowest BCUT2D eigenvalue weighted by Crippen LogP contribution is -2.46. The zero-order valence-corrected chi connectivity index (χ0v) is 11.7. The zero-order valence-electron chi connectivity index (χ0n) is 11.7. The first-order valence-corrected chi connectivity index (χ1v) is 6.37. The Balaban J connectivity index is 2.71. The van der Waals surface area contributed by atoms with Gasteiger partial charge in [0.25, 0.3) is 0 Å². The quantitative estimate of drug-likeness (QED) is 0.839. The Hall–Kier alpha value is -1.53. The highest BCUT2D eigenvalue weighted by molar-refractivity contribution is 5.39. The molecule has 0 bridgehead atoms. The number of nitrogens with one attached hydrogen (secondary N) is 1. The maximum absolute atomic E-state index is 9.24. The number of ether oxygens (including phenoxy) is 1. The van der Waals surface area contributed by atoms with Crippen LogP contribution in [0.3, 0.4) is 0 Å². The molecule has 0 heterocycles. The van der Waals surface area contributed by atoms with E-state index in [0.29, 0.717) is 6.61 Å². The van der Waals surface area contributed by atoms with Gasteiger partial charge >= 0.3 is 0 Å². The van der Waals surface area contributed by atoms with Gasteiger partial charge in [-0.2, -0.15) is 5.26 Å². The minimum atomic E-state index is -0.634. The van der Waals surface area contributed by atoms with E-state index in [1.165, 1.54) is 0 Å². The number of aryl methyl sites for hydroxylation is 2. The largest absolute Gasteiger partial charge is 0.490 e. The molecular weight excluding hydrogens is 224 g/mol. The summed E-state index contributed by atoms with van der Waals surface area (Å²) in [7, 11) is 0. The fraction of sp³-hybridized carbons (Fsp3) is 0.533. The van der Waals surface area contributed by atoms with Crippen molar-refractivity contribution >= 4 is 0 Å². The molecular formula is C15H22N2O. The second kappa shape index (κ2) is 6.42. The molecule has 1 aromatic rings. The third-order valence-electron chi connectivity index (χ3n) is 2.93. The first-order valence-electron chi connectivity index (χ1n) is 6.37. The molecule has 0 radical (unpaired) electrons. The monoisotopic (exact) mass is 246 g/mol. The van der Waals surface area contributed by atoms with E-state index in [-0.39, 0.29) is 0 Å². The van der Waals surface area contributed by atoms with Crippen LogP contribution in [0.1, 0.15) is 31.4 Å². The van der Waals surface area contributed by atoms with Gasteiger partial charge in [0.05, 0.1) is 6.07 Å². The molecule has 0 fully saturated rings. The molecule has 0 aliphatic heterocycles. The Morgan fingerprint density at radius 1 is 1.33 bits per heavy atom. The van der Waals surface area contributed by atoms with Crippen LogP contribution in [0.5, 0.6) is 5.75 Å². The Labute approximate surface area is 110 Å². The number of hydrogen-bond acceptors (Lipinski definition) is 3. The van der Waals surface area contributed by atoms with Gasteiger partial charge in [-0.05, 0) is 44.9 Å². The Kier molecular flexibility index (Phi) is 5.18. The number of nitriles is 1. The highest BCUT2D eigenvalue weighted by Crippen LogP contribution is 2.23. The van der Waals surface area contributed by atoms with Gasteiger partial charge in [-0.1, -0.05) is 25.1 Å². The Bertz CT molecular complexity index is 416. The van der Waals surface area contributed by atoms with Crippen molar-refractivity contribution in [3.8, 4) is 11.8 Å². The first kappa shape index (κ1) is 14.5. The maximum atomic E-state index is 9.24. The van der Waals surface area contributed by atoms with E-state index < -0.39 is 5.54 Å². The lowest BCUT2D eigenvalue weighted by Gasteiger charge is -2.24. The van der Waals surface area contributed by atoms with Gasteiger partial charge in [0.15, 0.2) is 0 Å². The summed E-state index contributed by atoms with van der Waals surface area (Å²) in [6.45, 7) is 9.17. The highest BCUT2D eigenvalue weighted by atomic mass is 16.5. The first-order chi connectivity index (χ1) is 8.52. The third-order valence-corrected chi connectivity index (χ3v) is 2.93. The van der Waals surface area contributed by atoms with E-state index in [4.69, 9.17) is 4.74 Å². The topological polar surface area (TPSA) is 45.0 Å².